The van der Waals surface area contributed by atoms with Crippen LogP contribution >= 0.6 is 11.3 Å². The van der Waals surface area contributed by atoms with E-state index in [-0.39, 0.29) is 0 Å². The number of hydrogen-bond donors (Lipinski definition) is 0. The molecule has 0 spiro atoms. The highest BCUT2D eigenvalue weighted by atomic mass is 32.1. The third-order valence-corrected chi connectivity index (χ3v) is 5.84. The zero-order valence-electron chi connectivity index (χ0n) is 13.5. The molecule has 0 aliphatic carbocycles. The first-order valence-corrected chi connectivity index (χ1v) is 8.84. The van der Waals surface area contributed by atoms with Crippen molar-refractivity contribution in [3.05, 3.63) is 66.2 Å². The van der Waals surface area contributed by atoms with Gasteiger partial charge in [0.25, 0.3) is 5.52 Å². The lowest BCUT2D eigenvalue weighted by atomic mass is 10.1. The van der Waals surface area contributed by atoms with E-state index in [4.69, 9.17) is 4.42 Å². The van der Waals surface area contributed by atoms with Crippen molar-refractivity contribution in [1.82, 2.24) is 0 Å². The third-order valence-electron chi connectivity index (χ3n) is 4.71. The molecule has 0 N–H and O–H groups in total. The van der Waals surface area contributed by atoms with Crippen LogP contribution in [0.25, 0.3) is 42.7 Å². The second-order valence-electron chi connectivity index (χ2n) is 6.20. The molecule has 0 fully saturated rings. The van der Waals surface area contributed by atoms with Gasteiger partial charge in [0, 0.05) is 26.2 Å². The van der Waals surface area contributed by atoms with Crippen LogP contribution in [0.5, 0.6) is 0 Å². The van der Waals surface area contributed by atoms with Gasteiger partial charge in [0.2, 0.25) is 5.58 Å². The first kappa shape index (κ1) is 13.8. The predicted octanol–water partition coefficient (Wildman–Crippen LogP) is 5.60. The molecule has 0 saturated carbocycles. The SMILES string of the molecule is Cc1ccccc1-c1oc2cc3c(cc2[n+]1C)sc1ccccc13. The summed E-state index contributed by atoms with van der Waals surface area (Å²) >= 11 is 1.84. The number of nitrogens with zero attached hydrogens (tertiary/aromatic N) is 1. The van der Waals surface area contributed by atoms with Crippen LogP contribution in [0.1, 0.15) is 5.56 Å². The van der Waals surface area contributed by atoms with Crippen molar-refractivity contribution in [2.24, 2.45) is 7.05 Å². The molecule has 3 aromatic carbocycles. The molecule has 2 nitrogen and oxygen atoms in total. The van der Waals surface area contributed by atoms with Crippen molar-refractivity contribution in [3.8, 4) is 11.5 Å². The summed E-state index contributed by atoms with van der Waals surface area (Å²) in [7, 11) is 2.08. The first-order valence-electron chi connectivity index (χ1n) is 8.02. The Kier molecular flexibility index (Phi) is 2.82. The quantitative estimate of drug-likeness (QED) is 0.366. The minimum atomic E-state index is 0.907. The molecule has 0 unspecified atom stereocenters. The van der Waals surface area contributed by atoms with Gasteiger partial charge in [-0.25, -0.2) is 0 Å². The highest BCUT2D eigenvalue weighted by Crippen LogP contribution is 2.36. The zero-order valence-corrected chi connectivity index (χ0v) is 14.4. The molecule has 0 aliphatic rings. The molecule has 0 amide bonds. The maximum absolute atomic E-state index is 6.26. The van der Waals surface area contributed by atoms with E-state index in [2.05, 4.69) is 79.2 Å². The number of rotatable bonds is 1. The van der Waals surface area contributed by atoms with Crippen molar-refractivity contribution in [2.75, 3.05) is 0 Å². The summed E-state index contributed by atoms with van der Waals surface area (Å²) in [5, 5.41) is 2.57. The fourth-order valence-corrected chi connectivity index (χ4v) is 4.54. The molecule has 5 rings (SSSR count). The average Bonchev–Trinajstić information content (AvgIpc) is 3.11. The molecule has 3 heteroatoms. The summed E-state index contributed by atoms with van der Waals surface area (Å²) in [5.74, 6) is 0.907. The summed E-state index contributed by atoms with van der Waals surface area (Å²) in [6.45, 7) is 2.12. The number of oxazole rings is 1. The van der Waals surface area contributed by atoms with Crippen molar-refractivity contribution in [3.63, 3.8) is 0 Å². The van der Waals surface area contributed by atoms with Gasteiger partial charge in [0.05, 0.1) is 5.56 Å². The van der Waals surface area contributed by atoms with E-state index < -0.39 is 0 Å². The Morgan fingerprint density at radius 1 is 0.875 bits per heavy atom. The Bertz CT molecular complexity index is 1230. The van der Waals surface area contributed by atoms with Crippen LogP contribution in [0.2, 0.25) is 0 Å². The van der Waals surface area contributed by atoms with Gasteiger partial charge >= 0.3 is 5.89 Å². The van der Waals surface area contributed by atoms with E-state index in [1.807, 2.05) is 11.3 Å². The molecule has 2 heterocycles. The number of fused-ring (bicyclic) bond motifs is 4. The standard InChI is InChI=1S/C21H16NOS/c1-13-7-3-4-8-14(13)21-22(2)17-12-20-16(11-18(17)23-21)15-9-5-6-10-19(15)24-20/h3-12H,1-2H3/q+1. The Labute approximate surface area is 143 Å². The van der Waals surface area contributed by atoms with Gasteiger partial charge in [-0.15, -0.1) is 11.3 Å². The smallest absolute Gasteiger partial charge is 0.381 e. The minimum Gasteiger partial charge on any atom is -0.398 e. The average molecular weight is 330 g/mol. The van der Waals surface area contributed by atoms with E-state index in [0.29, 0.717) is 0 Å². The highest BCUT2D eigenvalue weighted by molar-refractivity contribution is 7.25. The molecule has 116 valence electrons. The van der Waals surface area contributed by atoms with Crippen LogP contribution in [0, 0.1) is 6.92 Å². The fourth-order valence-electron chi connectivity index (χ4n) is 3.42. The molecule has 0 atom stereocenters. The van der Waals surface area contributed by atoms with Gasteiger partial charge in [0.15, 0.2) is 0 Å². The van der Waals surface area contributed by atoms with Crippen LogP contribution in [0.3, 0.4) is 0 Å². The van der Waals surface area contributed by atoms with E-state index in [1.165, 1.54) is 25.7 Å². The van der Waals surface area contributed by atoms with Gasteiger partial charge in [-0.2, -0.15) is 4.57 Å². The van der Waals surface area contributed by atoms with E-state index in [1.54, 1.807) is 0 Å². The number of benzene rings is 3. The molecule has 0 saturated heterocycles. The summed E-state index contributed by atoms with van der Waals surface area (Å²) in [6, 6.07) is 21.3. The first-order chi connectivity index (χ1) is 11.7. The van der Waals surface area contributed by atoms with Crippen LogP contribution in [-0.2, 0) is 7.05 Å². The highest BCUT2D eigenvalue weighted by Gasteiger charge is 2.23. The third kappa shape index (κ3) is 1.85. The Morgan fingerprint density at radius 3 is 2.54 bits per heavy atom. The predicted molar refractivity (Wildman–Crippen MR) is 100 cm³/mol. The number of aryl methyl sites for hydroxylation is 2. The molecule has 5 aromatic rings. The normalized spacial score (nSPS) is 11.8. The van der Waals surface area contributed by atoms with Crippen LogP contribution in [0.4, 0.5) is 0 Å². The van der Waals surface area contributed by atoms with Gasteiger partial charge in [-0.3, -0.25) is 0 Å². The minimum absolute atomic E-state index is 0.907. The Hall–Kier alpha value is -2.65. The van der Waals surface area contributed by atoms with E-state index in [0.717, 1.165) is 22.6 Å². The van der Waals surface area contributed by atoms with Crippen molar-refractivity contribution >= 4 is 42.6 Å². The lowest BCUT2D eigenvalue weighted by Gasteiger charge is -1.97. The summed E-state index contributed by atoms with van der Waals surface area (Å²) in [6.07, 6.45) is 0. The zero-order chi connectivity index (χ0) is 16.3. The number of hydrogen-bond acceptors (Lipinski definition) is 2. The van der Waals surface area contributed by atoms with E-state index >= 15 is 0 Å². The molecule has 24 heavy (non-hydrogen) atoms. The van der Waals surface area contributed by atoms with E-state index in [9.17, 15) is 0 Å². The Balaban J connectivity index is 1.85. The summed E-state index contributed by atoms with van der Waals surface area (Å²) < 4.78 is 11.0. The molecular weight excluding hydrogens is 314 g/mol. The maximum atomic E-state index is 6.26. The van der Waals surface area contributed by atoms with Gasteiger partial charge in [-0.1, -0.05) is 36.4 Å². The monoisotopic (exact) mass is 330 g/mol. The van der Waals surface area contributed by atoms with Crippen LogP contribution in [-0.4, -0.2) is 0 Å². The van der Waals surface area contributed by atoms with Gasteiger partial charge < -0.3 is 4.42 Å². The molecule has 2 aromatic heterocycles. The summed E-state index contributed by atoms with van der Waals surface area (Å²) in [4.78, 5) is 0. The lowest BCUT2D eigenvalue weighted by Crippen LogP contribution is -2.28. The number of aromatic nitrogens is 1. The van der Waals surface area contributed by atoms with Gasteiger partial charge in [0.1, 0.15) is 7.05 Å². The van der Waals surface area contributed by atoms with Crippen molar-refractivity contribution in [1.29, 1.82) is 0 Å². The Morgan fingerprint density at radius 2 is 1.67 bits per heavy atom. The molecule has 0 bridgehead atoms. The lowest BCUT2D eigenvalue weighted by molar-refractivity contribution is -0.637. The van der Waals surface area contributed by atoms with Crippen LogP contribution < -0.4 is 4.57 Å². The second kappa shape index (κ2) is 4.92. The van der Waals surface area contributed by atoms with Crippen LogP contribution in [0.15, 0.2) is 65.1 Å². The maximum Gasteiger partial charge on any atom is 0.381 e. The van der Waals surface area contributed by atoms with Gasteiger partial charge in [-0.05, 0) is 30.7 Å². The second-order valence-corrected chi connectivity index (χ2v) is 7.28. The molecule has 0 radical (unpaired) electrons. The van der Waals surface area contributed by atoms with Crippen molar-refractivity contribution in [2.45, 2.75) is 6.92 Å². The topological polar surface area (TPSA) is 17.0 Å². The fraction of sp³-hybridized carbons (Fsp3) is 0.0952. The summed E-state index contributed by atoms with van der Waals surface area (Å²) in [5.41, 5.74) is 4.43. The molecular formula is C21H16NOS+. The van der Waals surface area contributed by atoms with Crippen molar-refractivity contribution < 1.29 is 8.98 Å². The number of thiophene rings is 1. The largest absolute Gasteiger partial charge is 0.398 e. The molecule has 0 aliphatic heterocycles.